The van der Waals surface area contributed by atoms with E-state index in [2.05, 4.69) is 50.7 Å². The van der Waals surface area contributed by atoms with Gasteiger partial charge in [-0.2, -0.15) is 5.10 Å². The smallest absolute Gasteiger partial charge is 0.271 e. The fourth-order valence-electron chi connectivity index (χ4n) is 4.21. The van der Waals surface area contributed by atoms with E-state index in [1.807, 2.05) is 66.7 Å². The van der Waals surface area contributed by atoms with Crippen molar-refractivity contribution in [2.45, 2.75) is 13.2 Å². The molecule has 0 aliphatic rings. The number of ether oxygens (including phenoxy) is 3. The number of amides is 1. The standard InChI is InChI=1S/C33H27BrN2O4/c1-38-32-19-25(14-16-31(32)39-21-23-8-3-2-4-9-23)33(37)36-35-20-27-18-28(34)15-17-30(27)40-22-26-12-7-11-24-10-5-6-13-29(24)26/h2-20H,21-22H2,1H3,(H,36,37)/b35-20+. The monoisotopic (exact) mass is 594 g/mol. The number of hydrazone groups is 1. The molecule has 0 radical (unpaired) electrons. The number of rotatable bonds is 10. The first-order valence-electron chi connectivity index (χ1n) is 12.7. The fraction of sp³-hybridized carbons (Fsp3) is 0.0909. The summed E-state index contributed by atoms with van der Waals surface area (Å²) in [4.78, 5) is 12.8. The van der Waals surface area contributed by atoms with Gasteiger partial charge in [0.05, 0.1) is 13.3 Å². The summed E-state index contributed by atoms with van der Waals surface area (Å²) < 4.78 is 18.4. The number of hydrogen-bond donors (Lipinski definition) is 1. The minimum absolute atomic E-state index is 0.377. The van der Waals surface area contributed by atoms with Crippen LogP contribution < -0.4 is 19.6 Å². The van der Waals surface area contributed by atoms with Crippen LogP contribution in [0, 0.1) is 0 Å². The Bertz CT molecular complexity index is 1650. The van der Waals surface area contributed by atoms with E-state index in [0.717, 1.165) is 31.9 Å². The van der Waals surface area contributed by atoms with Gasteiger partial charge in [0.15, 0.2) is 11.5 Å². The van der Waals surface area contributed by atoms with Gasteiger partial charge < -0.3 is 14.2 Å². The summed E-state index contributed by atoms with van der Waals surface area (Å²) in [5, 5.41) is 6.49. The molecule has 40 heavy (non-hydrogen) atoms. The van der Waals surface area contributed by atoms with Crippen molar-refractivity contribution < 1.29 is 19.0 Å². The highest BCUT2D eigenvalue weighted by atomic mass is 79.9. The van der Waals surface area contributed by atoms with Crippen molar-refractivity contribution in [3.05, 3.63) is 136 Å². The number of methoxy groups -OCH3 is 1. The van der Waals surface area contributed by atoms with Gasteiger partial charge in [0, 0.05) is 15.6 Å². The van der Waals surface area contributed by atoms with Gasteiger partial charge in [-0.05, 0) is 58.3 Å². The molecule has 1 N–H and O–H groups in total. The van der Waals surface area contributed by atoms with Crippen LogP contribution in [0.4, 0.5) is 0 Å². The second-order valence-electron chi connectivity index (χ2n) is 8.95. The molecule has 0 bridgehead atoms. The molecule has 0 fully saturated rings. The van der Waals surface area contributed by atoms with Gasteiger partial charge in [-0.1, -0.05) is 88.7 Å². The van der Waals surface area contributed by atoms with E-state index < -0.39 is 0 Å². The van der Waals surface area contributed by atoms with Gasteiger partial charge in [-0.25, -0.2) is 5.43 Å². The maximum atomic E-state index is 12.8. The van der Waals surface area contributed by atoms with Crippen LogP contribution in [0.15, 0.2) is 119 Å². The third-order valence-corrected chi connectivity index (χ3v) is 6.76. The number of halogens is 1. The predicted octanol–water partition coefficient (Wildman–Crippen LogP) is 7.53. The van der Waals surface area contributed by atoms with Crippen molar-refractivity contribution in [2.24, 2.45) is 5.10 Å². The van der Waals surface area contributed by atoms with E-state index >= 15 is 0 Å². The highest BCUT2D eigenvalue weighted by molar-refractivity contribution is 9.10. The third kappa shape index (κ3) is 6.68. The van der Waals surface area contributed by atoms with Gasteiger partial charge in [-0.15, -0.1) is 0 Å². The van der Waals surface area contributed by atoms with E-state index in [0.29, 0.717) is 36.0 Å². The van der Waals surface area contributed by atoms with Crippen LogP contribution in [0.2, 0.25) is 0 Å². The molecule has 1 amide bonds. The first-order valence-corrected chi connectivity index (χ1v) is 13.5. The van der Waals surface area contributed by atoms with Crippen molar-refractivity contribution >= 4 is 38.8 Å². The lowest BCUT2D eigenvalue weighted by atomic mass is 10.1. The van der Waals surface area contributed by atoms with Gasteiger partial charge in [0.2, 0.25) is 0 Å². The maximum absolute atomic E-state index is 12.8. The predicted molar refractivity (Wildman–Crippen MR) is 161 cm³/mol. The topological polar surface area (TPSA) is 69.2 Å². The Labute approximate surface area is 241 Å². The molecule has 0 atom stereocenters. The molecule has 0 heterocycles. The molecule has 5 aromatic rings. The molecule has 6 nitrogen and oxygen atoms in total. The Balaban J connectivity index is 1.25. The van der Waals surface area contributed by atoms with Gasteiger partial charge in [0.25, 0.3) is 5.91 Å². The first-order chi connectivity index (χ1) is 19.6. The highest BCUT2D eigenvalue weighted by Crippen LogP contribution is 2.29. The first kappa shape index (κ1) is 27.0. The maximum Gasteiger partial charge on any atom is 0.271 e. The fourth-order valence-corrected chi connectivity index (χ4v) is 4.59. The lowest BCUT2D eigenvalue weighted by molar-refractivity contribution is 0.0954. The molecule has 5 rings (SSSR count). The molecular weight excluding hydrogens is 568 g/mol. The number of hydrogen-bond acceptors (Lipinski definition) is 5. The molecule has 0 unspecified atom stereocenters. The second kappa shape index (κ2) is 13.0. The summed E-state index contributed by atoms with van der Waals surface area (Å²) in [7, 11) is 1.54. The van der Waals surface area contributed by atoms with Gasteiger partial charge >= 0.3 is 0 Å². The number of fused-ring (bicyclic) bond motifs is 1. The van der Waals surface area contributed by atoms with Crippen molar-refractivity contribution in [2.75, 3.05) is 7.11 Å². The highest BCUT2D eigenvalue weighted by Gasteiger charge is 2.12. The normalized spacial score (nSPS) is 10.9. The third-order valence-electron chi connectivity index (χ3n) is 6.27. The molecule has 200 valence electrons. The molecule has 0 aliphatic heterocycles. The Hall–Kier alpha value is -4.62. The SMILES string of the molecule is COc1cc(C(=O)N/N=C/c2cc(Br)ccc2OCc2cccc3ccccc23)ccc1OCc1ccccc1. The molecule has 5 aromatic carbocycles. The van der Waals surface area contributed by atoms with Crippen molar-refractivity contribution in [1.29, 1.82) is 0 Å². The second-order valence-corrected chi connectivity index (χ2v) is 9.86. The summed E-state index contributed by atoms with van der Waals surface area (Å²) in [6.07, 6.45) is 1.57. The van der Waals surface area contributed by atoms with Crippen LogP contribution in [-0.2, 0) is 13.2 Å². The van der Waals surface area contributed by atoms with Crippen LogP contribution in [0.1, 0.15) is 27.0 Å². The van der Waals surface area contributed by atoms with E-state index in [9.17, 15) is 4.79 Å². The summed E-state index contributed by atoms with van der Waals surface area (Å²) >= 11 is 3.50. The molecule has 0 aliphatic carbocycles. The zero-order chi connectivity index (χ0) is 27.7. The summed E-state index contributed by atoms with van der Waals surface area (Å²) in [5.74, 6) is 1.28. The number of carbonyl (C=O) groups is 1. The van der Waals surface area contributed by atoms with E-state index in [1.54, 1.807) is 24.4 Å². The van der Waals surface area contributed by atoms with Crippen LogP contribution in [0.3, 0.4) is 0 Å². The molecule has 0 saturated carbocycles. The van der Waals surface area contributed by atoms with Crippen molar-refractivity contribution in [3.63, 3.8) is 0 Å². The van der Waals surface area contributed by atoms with Gasteiger partial charge in [-0.3, -0.25) is 4.79 Å². The minimum Gasteiger partial charge on any atom is -0.493 e. The zero-order valence-electron chi connectivity index (χ0n) is 21.8. The van der Waals surface area contributed by atoms with E-state index in [-0.39, 0.29) is 5.91 Å². The van der Waals surface area contributed by atoms with Crippen LogP contribution in [-0.4, -0.2) is 19.2 Å². The molecule has 0 aromatic heterocycles. The number of nitrogens with zero attached hydrogens (tertiary/aromatic N) is 1. The Kier molecular flexibility index (Phi) is 8.73. The van der Waals surface area contributed by atoms with E-state index in [4.69, 9.17) is 14.2 Å². The van der Waals surface area contributed by atoms with Crippen molar-refractivity contribution in [1.82, 2.24) is 5.43 Å². The molecular formula is C33H27BrN2O4. The number of benzene rings is 5. The summed E-state index contributed by atoms with van der Waals surface area (Å²) in [5.41, 5.74) is 5.82. The molecule has 0 spiro atoms. The Morgan fingerprint density at radius 3 is 2.40 bits per heavy atom. The largest absolute Gasteiger partial charge is 0.493 e. The summed E-state index contributed by atoms with van der Waals surface area (Å²) in [6.45, 7) is 0.791. The molecule has 7 heteroatoms. The number of carbonyl (C=O) groups excluding carboxylic acids is 1. The average molecular weight is 595 g/mol. The summed E-state index contributed by atoms with van der Waals surface area (Å²) in [6, 6.07) is 34.9. The Morgan fingerprint density at radius 2 is 1.55 bits per heavy atom. The lowest BCUT2D eigenvalue weighted by Crippen LogP contribution is -2.17. The van der Waals surface area contributed by atoms with Crippen LogP contribution >= 0.6 is 15.9 Å². The van der Waals surface area contributed by atoms with Crippen LogP contribution in [0.5, 0.6) is 17.2 Å². The average Bonchev–Trinajstić information content (AvgIpc) is 3.00. The zero-order valence-corrected chi connectivity index (χ0v) is 23.4. The molecule has 0 saturated heterocycles. The number of nitrogens with one attached hydrogen (secondary N) is 1. The van der Waals surface area contributed by atoms with Crippen LogP contribution in [0.25, 0.3) is 10.8 Å². The van der Waals surface area contributed by atoms with E-state index in [1.165, 1.54) is 7.11 Å². The Morgan fingerprint density at radius 1 is 0.800 bits per heavy atom. The minimum atomic E-state index is -0.377. The van der Waals surface area contributed by atoms with Crippen molar-refractivity contribution in [3.8, 4) is 17.2 Å². The lowest BCUT2D eigenvalue weighted by Gasteiger charge is -2.12. The van der Waals surface area contributed by atoms with Gasteiger partial charge in [0.1, 0.15) is 19.0 Å². The quantitative estimate of drug-likeness (QED) is 0.134.